The van der Waals surface area contributed by atoms with Gasteiger partial charge in [0.25, 0.3) is 0 Å². The van der Waals surface area contributed by atoms with Gasteiger partial charge in [0.2, 0.25) is 0 Å². The first-order valence-electron chi connectivity index (χ1n) is 7.64. The lowest BCUT2D eigenvalue weighted by molar-refractivity contribution is -0.144. The van der Waals surface area contributed by atoms with Crippen molar-refractivity contribution in [1.82, 2.24) is 0 Å². The average Bonchev–Trinajstić information content (AvgIpc) is 3.01. The molecule has 0 unspecified atom stereocenters. The minimum atomic E-state index is -0.249. The number of aryl methyl sites for hydroxylation is 1. The smallest absolute Gasteiger partial charge is 0.306 e. The Bertz CT molecular complexity index is 853. The summed E-state index contributed by atoms with van der Waals surface area (Å²) in [6, 6.07) is 13.2. The Kier molecular flexibility index (Phi) is 5.01. The van der Waals surface area contributed by atoms with Crippen molar-refractivity contribution in [2.45, 2.75) is 19.4 Å². The zero-order chi connectivity index (χ0) is 16.9. The summed E-state index contributed by atoms with van der Waals surface area (Å²) in [5.74, 6) is 0.249. The van der Waals surface area contributed by atoms with Crippen LogP contribution >= 0.6 is 11.3 Å². The number of esters is 1. The summed E-state index contributed by atoms with van der Waals surface area (Å²) in [7, 11) is 1.50. The van der Waals surface area contributed by atoms with Crippen molar-refractivity contribution in [2.75, 3.05) is 7.11 Å². The normalized spacial score (nSPS) is 10.7. The van der Waals surface area contributed by atoms with Crippen LogP contribution in [0.25, 0.3) is 10.1 Å². The molecule has 4 nitrogen and oxygen atoms in total. The fourth-order valence-corrected chi connectivity index (χ4v) is 3.46. The lowest BCUT2D eigenvalue weighted by Crippen LogP contribution is -2.05. The highest BCUT2D eigenvalue weighted by Gasteiger charge is 2.09. The maximum Gasteiger partial charge on any atom is 0.306 e. The van der Waals surface area contributed by atoms with Crippen molar-refractivity contribution in [2.24, 2.45) is 0 Å². The molecular weight excluding hydrogens is 324 g/mol. The fourth-order valence-electron chi connectivity index (χ4n) is 2.51. The molecule has 0 aliphatic carbocycles. The van der Waals surface area contributed by atoms with Gasteiger partial charge in [0, 0.05) is 16.7 Å². The second kappa shape index (κ2) is 7.36. The maximum absolute atomic E-state index is 11.9. The number of phenols is 1. The summed E-state index contributed by atoms with van der Waals surface area (Å²) in [4.78, 5) is 11.9. The molecule has 0 bridgehead atoms. The van der Waals surface area contributed by atoms with Gasteiger partial charge in [-0.3, -0.25) is 4.79 Å². The molecule has 0 amide bonds. The number of benzene rings is 2. The summed E-state index contributed by atoms with van der Waals surface area (Å²) in [6.07, 6.45) is 0.786. The molecule has 1 heterocycles. The topological polar surface area (TPSA) is 55.8 Å². The van der Waals surface area contributed by atoms with Crippen LogP contribution in [-0.2, 0) is 22.6 Å². The van der Waals surface area contributed by atoms with Crippen LogP contribution < -0.4 is 4.74 Å². The zero-order valence-corrected chi connectivity index (χ0v) is 14.1. The van der Waals surface area contributed by atoms with Crippen molar-refractivity contribution in [3.05, 3.63) is 59.0 Å². The molecule has 0 saturated heterocycles. The third-order valence-electron chi connectivity index (χ3n) is 3.81. The van der Waals surface area contributed by atoms with Crippen LogP contribution in [0, 0.1) is 0 Å². The van der Waals surface area contributed by atoms with E-state index < -0.39 is 0 Å². The fraction of sp³-hybridized carbons (Fsp3) is 0.211. The average molecular weight is 342 g/mol. The molecule has 0 aliphatic rings. The number of fused-ring (bicyclic) bond motifs is 1. The van der Waals surface area contributed by atoms with E-state index >= 15 is 0 Å². The number of hydrogen-bond acceptors (Lipinski definition) is 5. The number of aromatic hydroxyl groups is 1. The van der Waals surface area contributed by atoms with E-state index in [1.165, 1.54) is 11.8 Å². The summed E-state index contributed by atoms with van der Waals surface area (Å²) >= 11 is 1.65. The molecule has 1 aromatic heterocycles. The predicted octanol–water partition coefficient (Wildman–Crippen LogP) is 4.29. The first-order chi connectivity index (χ1) is 11.7. The predicted molar refractivity (Wildman–Crippen MR) is 94.6 cm³/mol. The molecule has 1 N–H and O–H groups in total. The van der Waals surface area contributed by atoms with Gasteiger partial charge >= 0.3 is 5.97 Å². The molecule has 0 spiro atoms. The third-order valence-corrected chi connectivity index (χ3v) is 4.82. The number of ether oxygens (including phenoxy) is 2. The van der Waals surface area contributed by atoms with E-state index in [1.54, 1.807) is 23.5 Å². The van der Waals surface area contributed by atoms with Crippen LogP contribution in [0.4, 0.5) is 0 Å². The van der Waals surface area contributed by atoms with Crippen LogP contribution in [0.15, 0.2) is 47.8 Å². The molecule has 124 valence electrons. The van der Waals surface area contributed by atoms with Crippen molar-refractivity contribution in [3.8, 4) is 11.5 Å². The quantitative estimate of drug-likeness (QED) is 0.679. The highest BCUT2D eigenvalue weighted by molar-refractivity contribution is 7.17. The van der Waals surface area contributed by atoms with Gasteiger partial charge in [0.15, 0.2) is 11.5 Å². The number of hydrogen-bond donors (Lipinski definition) is 1. The van der Waals surface area contributed by atoms with Crippen molar-refractivity contribution >= 4 is 27.4 Å². The van der Waals surface area contributed by atoms with E-state index in [2.05, 4.69) is 6.07 Å². The van der Waals surface area contributed by atoms with Crippen LogP contribution in [0.5, 0.6) is 11.5 Å². The first kappa shape index (κ1) is 16.3. The first-order valence-corrected chi connectivity index (χ1v) is 8.52. The molecule has 0 fully saturated rings. The standard InChI is InChI=1S/C19H18O4S/c1-22-17-8-6-13(10-16(17)20)7-9-19(21)23-11-14-12-24-18-5-3-2-4-15(14)18/h2-6,8,10,12,20H,7,9,11H2,1H3. The Labute approximate surface area is 144 Å². The van der Waals surface area contributed by atoms with Crippen LogP contribution in [0.2, 0.25) is 0 Å². The molecule has 5 heteroatoms. The van der Waals surface area contributed by atoms with E-state index in [9.17, 15) is 9.90 Å². The lowest BCUT2D eigenvalue weighted by atomic mass is 10.1. The Hall–Kier alpha value is -2.53. The zero-order valence-electron chi connectivity index (χ0n) is 13.3. The van der Waals surface area contributed by atoms with Gasteiger partial charge in [-0.25, -0.2) is 0 Å². The summed E-state index contributed by atoms with van der Waals surface area (Å²) in [6.45, 7) is 0.288. The Balaban J connectivity index is 1.53. The van der Waals surface area contributed by atoms with Gasteiger partial charge in [0.1, 0.15) is 6.61 Å². The minimum absolute atomic E-state index is 0.0770. The second-order valence-electron chi connectivity index (χ2n) is 5.42. The second-order valence-corrected chi connectivity index (χ2v) is 6.34. The Morgan fingerprint density at radius 3 is 2.83 bits per heavy atom. The van der Waals surface area contributed by atoms with E-state index in [4.69, 9.17) is 9.47 Å². The van der Waals surface area contributed by atoms with Gasteiger partial charge in [0.05, 0.1) is 7.11 Å². The monoisotopic (exact) mass is 342 g/mol. The molecule has 3 rings (SSSR count). The van der Waals surface area contributed by atoms with Gasteiger partial charge in [-0.2, -0.15) is 0 Å². The van der Waals surface area contributed by atoms with Crippen molar-refractivity contribution < 1.29 is 19.4 Å². The SMILES string of the molecule is COc1ccc(CCC(=O)OCc2csc3ccccc23)cc1O. The minimum Gasteiger partial charge on any atom is -0.504 e. The molecule has 24 heavy (non-hydrogen) atoms. The van der Waals surface area contributed by atoms with Crippen LogP contribution in [0.3, 0.4) is 0 Å². The number of methoxy groups -OCH3 is 1. The van der Waals surface area contributed by atoms with Crippen molar-refractivity contribution in [1.29, 1.82) is 0 Å². The maximum atomic E-state index is 11.9. The summed E-state index contributed by atoms with van der Waals surface area (Å²) < 4.78 is 11.6. The molecular formula is C19H18O4S. The number of phenolic OH excluding ortho intramolecular Hbond substituents is 1. The van der Waals surface area contributed by atoms with Gasteiger partial charge in [-0.05, 0) is 40.9 Å². The molecule has 2 aromatic carbocycles. The number of thiophene rings is 1. The number of carbonyl (C=O) groups excluding carboxylic acids is 1. The van der Waals surface area contributed by atoms with E-state index in [0.717, 1.165) is 16.5 Å². The Morgan fingerprint density at radius 1 is 1.21 bits per heavy atom. The van der Waals surface area contributed by atoms with Crippen LogP contribution in [-0.4, -0.2) is 18.2 Å². The van der Waals surface area contributed by atoms with E-state index in [1.807, 2.05) is 29.6 Å². The Morgan fingerprint density at radius 2 is 2.04 bits per heavy atom. The molecule has 0 aliphatic heterocycles. The van der Waals surface area contributed by atoms with Crippen LogP contribution in [0.1, 0.15) is 17.5 Å². The molecule has 0 radical (unpaired) electrons. The van der Waals surface area contributed by atoms with Gasteiger partial charge in [-0.1, -0.05) is 24.3 Å². The summed E-state index contributed by atoms with van der Waals surface area (Å²) in [5.41, 5.74) is 1.90. The number of rotatable bonds is 6. The molecule has 0 atom stereocenters. The van der Waals surface area contributed by atoms with Gasteiger partial charge in [-0.15, -0.1) is 11.3 Å². The molecule has 0 saturated carbocycles. The van der Waals surface area contributed by atoms with Crippen molar-refractivity contribution in [3.63, 3.8) is 0 Å². The van der Waals surface area contributed by atoms with E-state index in [0.29, 0.717) is 12.2 Å². The highest BCUT2D eigenvalue weighted by atomic mass is 32.1. The largest absolute Gasteiger partial charge is 0.504 e. The lowest BCUT2D eigenvalue weighted by Gasteiger charge is -2.07. The third kappa shape index (κ3) is 3.68. The van der Waals surface area contributed by atoms with Gasteiger partial charge < -0.3 is 14.6 Å². The molecule has 3 aromatic rings. The highest BCUT2D eigenvalue weighted by Crippen LogP contribution is 2.27. The number of carbonyl (C=O) groups is 1. The van der Waals surface area contributed by atoms with E-state index in [-0.39, 0.29) is 24.7 Å². The summed E-state index contributed by atoms with van der Waals surface area (Å²) in [5, 5.41) is 12.9.